The second-order valence-corrected chi connectivity index (χ2v) is 8.36. The van der Waals surface area contributed by atoms with E-state index in [0.717, 1.165) is 19.3 Å². The topological polar surface area (TPSA) is 100 Å². The van der Waals surface area contributed by atoms with E-state index in [0.29, 0.717) is 18.9 Å². The number of anilines is 2. The molecule has 33 heavy (non-hydrogen) atoms. The molecule has 0 aromatic carbocycles. The summed E-state index contributed by atoms with van der Waals surface area (Å²) in [5.74, 6) is -1.50. The summed E-state index contributed by atoms with van der Waals surface area (Å²) < 4.78 is 44.2. The van der Waals surface area contributed by atoms with Crippen molar-refractivity contribution in [3.8, 4) is 0 Å². The van der Waals surface area contributed by atoms with E-state index in [-0.39, 0.29) is 29.5 Å². The van der Waals surface area contributed by atoms with Gasteiger partial charge in [-0.3, -0.25) is 9.36 Å². The number of carboxylic acid groups (broad SMARTS) is 1. The monoisotopic (exact) mass is 463 g/mol. The molecule has 8 nitrogen and oxygen atoms in total. The van der Waals surface area contributed by atoms with Gasteiger partial charge in [-0.15, -0.1) is 0 Å². The molecule has 2 aliphatic heterocycles. The average molecular weight is 463 g/mol. The number of pyridine rings is 1. The number of carbonyl (C=O) groups is 1. The van der Waals surface area contributed by atoms with Gasteiger partial charge in [0.15, 0.2) is 11.7 Å². The summed E-state index contributed by atoms with van der Waals surface area (Å²) in [4.78, 5) is 34.4. The first-order chi connectivity index (χ1) is 15.6. The van der Waals surface area contributed by atoms with E-state index >= 15 is 0 Å². The molecule has 2 N–H and O–H groups in total. The van der Waals surface area contributed by atoms with Crippen LogP contribution in [0.4, 0.5) is 24.7 Å². The van der Waals surface area contributed by atoms with Gasteiger partial charge in [0.25, 0.3) is 5.56 Å². The number of alkyl halides is 3. The second-order valence-electron chi connectivity index (χ2n) is 8.36. The van der Waals surface area contributed by atoms with Crippen molar-refractivity contribution >= 4 is 23.0 Å². The number of allylic oxidation sites excluding steroid dienone is 1. The molecule has 4 heterocycles. The lowest BCUT2D eigenvalue weighted by Crippen LogP contribution is -2.42. The first-order valence-corrected chi connectivity index (χ1v) is 10.8. The Morgan fingerprint density at radius 3 is 2.67 bits per heavy atom. The molecule has 2 aliphatic rings. The molecular weight excluding hydrogens is 439 g/mol. The predicted molar refractivity (Wildman–Crippen MR) is 116 cm³/mol. The molecule has 0 aliphatic carbocycles. The van der Waals surface area contributed by atoms with Crippen LogP contribution in [-0.2, 0) is 6.54 Å². The van der Waals surface area contributed by atoms with Crippen molar-refractivity contribution in [1.82, 2.24) is 14.5 Å². The van der Waals surface area contributed by atoms with Gasteiger partial charge < -0.3 is 15.3 Å². The Labute approximate surface area is 187 Å². The van der Waals surface area contributed by atoms with E-state index in [1.165, 1.54) is 35.0 Å². The Bertz CT molecular complexity index is 1140. The zero-order valence-electron chi connectivity index (χ0n) is 18.0. The van der Waals surface area contributed by atoms with Crippen molar-refractivity contribution in [2.24, 2.45) is 5.92 Å². The smallest absolute Gasteiger partial charge is 0.412 e. The molecule has 1 unspecified atom stereocenters. The summed E-state index contributed by atoms with van der Waals surface area (Å²) in [6.07, 6.45) is 0.750. The lowest BCUT2D eigenvalue weighted by atomic mass is 9.95. The largest absolute Gasteiger partial charge is 0.476 e. The van der Waals surface area contributed by atoms with Gasteiger partial charge in [0.2, 0.25) is 0 Å². The van der Waals surface area contributed by atoms with E-state index < -0.39 is 29.4 Å². The van der Waals surface area contributed by atoms with Gasteiger partial charge in [-0.1, -0.05) is 13.0 Å². The highest BCUT2D eigenvalue weighted by Gasteiger charge is 2.45. The van der Waals surface area contributed by atoms with E-state index in [9.17, 15) is 27.9 Å². The standard InChI is InChI=1S/C22H24F3N5O3/c1-13-10-14(19(22(23,24)25)27-15-6-5-7-26-18(15)21(32)33)20-28-16(11-17(31)30(20)12-13)29-8-3-2-4-9-29/h5-7,10-11,13,19,27H,2-4,8-9,12H2,1H3,(H,32,33)/t13?,19-/m0/s1. The number of rotatable bonds is 5. The predicted octanol–water partition coefficient (Wildman–Crippen LogP) is 3.40. The van der Waals surface area contributed by atoms with E-state index in [1.54, 1.807) is 6.92 Å². The second kappa shape index (κ2) is 8.87. The van der Waals surface area contributed by atoms with Crippen molar-refractivity contribution in [3.05, 3.63) is 52.3 Å². The number of halogens is 3. The third-order valence-corrected chi connectivity index (χ3v) is 5.82. The SMILES string of the molecule is CC1C=C([C@H](Nc2cccnc2C(=O)O)C(F)(F)F)c2nc(N3CCCCC3)cc(=O)n2C1. The first kappa shape index (κ1) is 22.8. The average Bonchev–Trinajstić information content (AvgIpc) is 2.77. The molecule has 0 saturated carbocycles. The first-order valence-electron chi connectivity index (χ1n) is 10.8. The van der Waals surface area contributed by atoms with Crippen LogP contribution in [0.5, 0.6) is 0 Å². The zero-order valence-corrected chi connectivity index (χ0v) is 18.0. The van der Waals surface area contributed by atoms with E-state index in [1.807, 2.05) is 4.90 Å². The van der Waals surface area contributed by atoms with Crippen molar-refractivity contribution in [3.63, 3.8) is 0 Å². The van der Waals surface area contributed by atoms with Crippen LogP contribution in [-0.4, -0.2) is 50.9 Å². The van der Waals surface area contributed by atoms with Crippen LogP contribution >= 0.6 is 0 Å². The van der Waals surface area contributed by atoms with Crippen molar-refractivity contribution in [1.29, 1.82) is 0 Å². The van der Waals surface area contributed by atoms with Crippen LogP contribution in [0, 0.1) is 5.92 Å². The molecule has 1 fully saturated rings. The minimum Gasteiger partial charge on any atom is -0.476 e. The summed E-state index contributed by atoms with van der Waals surface area (Å²) >= 11 is 0. The fourth-order valence-corrected chi connectivity index (χ4v) is 4.31. The quantitative estimate of drug-likeness (QED) is 0.701. The number of piperidine rings is 1. The molecule has 1 saturated heterocycles. The molecule has 2 aromatic rings. The molecule has 2 atom stereocenters. The third kappa shape index (κ3) is 4.71. The summed E-state index contributed by atoms with van der Waals surface area (Å²) in [6.45, 7) is 3.30. The van der Waals surface area contributed by atoms with Gasteiger partial charge in [0, 0.05) is 37.5 Å². The fraction of sp³-hybridized carbons (Fsp3) is 0.455. The van der Waals surface area contributed by atoms with Gasteiger partial charge in [-0.2, -0.15) is 13.2 Å². The van der Waals surface area contributed by atoms with Gasteiger partial charge >= 0.3 is 12.1 Å². The maximum absolute atomic E-state index is 14.3. The van der Waals surface area contributed by atoms with E-state index in [2.05, 4.69) is 15.3 Å². The van der Waals surface area contributed by atoms with Gasteiger partial charge in [0.1, 0.15) is 11.6 Å². The molecule has 0 spiro atoms. The molecule has 2 aromatic heterocycles. The zero-order chi connectivity index (χ0) is 23.8. The van der Waals surface area contributed by atoms with Gasteiger partial charge in [0.05, 0.1) is 5.69 Å². The normalized spacial score (nSPS) is 19.5. The molecular formula is C22H24F3N5O3. The molecule has 0 bridgehead atoms. The van der Waals surface area contributed by atoms with Crippen molar-refractivity contribution in [2.75, 3.05) is 23.3 Å². The number of aromatic carboxylic acids is 1. The number of aromatic nitrogens is 3. The highest BCUT2D eigenvalue weighted by atomic mass is 19.4. The van der Waals surface area contributed by atoms with Crippen LogP contribution in [0.2, 0.25) is 0 Å². The summed E-state index contributed by atoms with van der Waals surface area (Å²) in [5.41, 5.74) is -1.42. The Hall–Kier alpha value is -3.37. The summed E-state index contributed by atoms with van der Waals surface area (Å²) in [5, 5.41) is 11.7. The minimum absolute atomic E-state index is 0.0586. The van der Waals surface area contributed by atoms with Crippen molar-refractivity contribution < 1.29 is 23.1 Å². The third-order valence-electron chi connectivity index (χ3n) is 5.82. The number of carboxylic acids is 1. The number of nitrogens with one attached hydrogen (secondary N) is 1. The Morgan fingerprint density at radius 1 is 1.27 bits per heavy atom. The lowest BCUT2D eigenvalue weighted by molar-refractivity contribution is -0.130. The summed E-state index contributed by atoms with van der Waals surface area (Å²) in [6, 6.07) is 1.68. The molecule has 0 amide bonds. The Kier molecular flexibility index (Phi) is 6.13. The van der Waals surface area contributed by atoms with Crippen molar-refractivity contribution in [2.45, 2.75) is 44.9 Å². The Balaban J connectivity index is 1.81. The molecule has 4 rings (SSSR count). The van der Waals surface area contributed by atoms with Crippen LogP contribution in [0.25, 0.3) is 5.57 Å². The van der Waals surface area contributed by atoms with E-state index in [4.69, 9.17) is 0 Å². The van der Waals surface area contributed by atoms with Crippen LogP contribution in [0.3, 0.4) is 0 Å². The number of nitrogens with zero attached hydrogens (tertiary/aromatic N) is 4. The van der Waals surface area contributed by atoms with Gasteiger partial charge in [-0.25, -0.2) is 14.8 Å². The maximum atomic E-state index is 14.3. The molecule has 11 heteroatoms. The highest BCUT2D eigenvalue weighted by molar-refractivity contribution is 5.92. The number of hydrogen-bond donors (Lipinski definition) is 2. The van der Waals surface area contributed by atoms with Gasteiger partial charge in [-0.05, 0) is 37.3 Å². The lowest BCUT2D eigenvalue weighted by Gasteiger charge is -2.32. The van der Waals surface area contributed by atoms with Crippen LogP contribution in [0.1, 0.15) is 42.5 Å². The molecule has 176 valence electrons. The number of fused-ring (bicyclic) bond motifs is 1. The Morgan fingerprint density at radius 2 is 2.00 bits per heavy atom. The highest BCUT2D eigenvalue weighted by Crippen LogP contribution is 2.36. The van der Waals surface area contributed by atoms with Crippen LogP contribution in [0.15, 0.2) is 35.3 Å². The summed E-state index contributed by atoms with van der Waals surface area (Å²) in [7, 11) is 0. The number of hydrogen-bond acceptors (Lipinski definition) is 6. The van der Waals surface area contributed by atoms with Crippen LogP contribution < -0.4 is 15.8 Å². The minimum atomic E-state index is -4.79. The molecule has 0 radical (unpaired) electrons. The fourth-order valence-electron chi connectivity index (χ4n) is 4.31. The maximum Gasteiger partial charge on any atom is 0.412 e.